The summed E-state index contributed by atoms with van der Waals surface area (Å²) in [5.74, 6) is 0.314. The highest BCUT2D eigenvalue weighted by atomic mass is 16.4. The van der Waals surface area contributed by atoms with E-state index in [-0.39, 0.29) is 5.91 Å². The Morgan fingerprint density at radius 3 is 2.63 bits per heavy atom. The highest BCUT2D eigenvalue weighted by molar-refractivity contribution is 5.79. The van der Waals surface area contributed by atoms with Gasteiger partial charge in [-0.3, -0.25) is 14.0 Å². The zero-order valence-corrected chi connectivity index (χ0v) is 21.3. The zero-order chi connectivity index (χ0) is 26.5. The summed E-state index contributed by atoms with van der Waals surface area (Å²) in [5.41, 5.74) is 3.67. The van der Waals surface area contributed by atoms with Crippen molar-refractivity contribution >= 4 is 29.2 Å². The Kier molecular flexibility index (Phi) is 7.52. The van der Waals surface area contributed by atoms with Crippen molar-refractivity contribution in [2.24, 2.45) is 5.92 Å². The van der Waals surface area contributed by atoms with Crippen LogP contribution in [0.1, 0.15) is 31.9 Å². The summed E-state index contributed by atoms with van der Waals surface area (Å²) in [6.45, 7) is 5.01. The predicted octanol–water partition coefficient (Wildman–Crippen LogP) is 3.54. The first-order valence-corrected chi connectivity index (χ1v) is 12.8. The number of aliphatic carboxylic acids is 1. The average molecular weight is 518 g/mol. The van der Waals surface area contributed by atoms with Crippen LogP contribution in [0.25, 0.3) is 16.8 Å². The SMILES string of the molecule is CC(CCCC(=O)N1CCN(c2ccc(-c3cnc(NCc4ccco4)n4cnnc34)cc2)CC1)C(=O)O. The van der Waals surface area contributed by atoms with E-state index in [1.807, 2.05) is 21.4 Å². The first kappa shape index (κ1) is 25.2. The number of piperazine rings is 1. The molecule has 198 valence electrons. The second-order valence-electron chi connectivity index (χ2n) is 9.50. The number of hydrogen-bond acceptors (Lipinski definition) is 8. The minimum absolute atomic E-state index is 0.101. The van der Waals surface area contributed by atoms with Gasteiger partial charge in [-0.05, 0) is 42.7 Å². The summed E-state index contributed by atoms with van der Waals surface area (Å²) in [5, 5.41) is 20.6. The third-order valence-electron chi connectivity index (χ3n) is 6.96. The van der Waals surface area contributed by atoms with E-state index in [4.69, 9.17) is 9.52 Å². The summed E-state index contributed by atoms with van der Waals surface area (Å²) >= 11 is 0. The first-order chi connectivity index (χ1) is 18.5. The fourth-order valence-electron chi connectivity index (χ4n) is 4.64. The van der Waals surface area contributed by atoms with E-state index in [0.29, 0.717) is 50.5 Å². The van der Waals surface area contributed by atoms with Crippen LogP contribution in [-0.4, -0.2) is 67.6 Å². The number of hydrogen-bond donors (Lipinski definition) is 2. The van der Waals surface area contributed by atoms with Crippen LogP contribution in [0.5, 0.6) is 0 Å². The highest BCUT2D eigenvalue weighted by Gasteiger charge is 2.22. The molecule has 0 bridgehead atoms. The van der Waals surface area contributed by atoms with Gasteiger partial charge in [-0.25, -0.2) is 4.98 Å². The van der Waals surface area contributed by atoms with Crippen molar-refractivity contribution < 1.29 is 19.1 Å². The van der Waals surface area contributed by atoms with Gasteiger partial charge in [-0.1, -0.05) is 19.1 Å². The van der Waals surface area contributed by atoms with Crippen LogP contribution in [-0.2, 0) is 16.1 Å². The van der Waals surface area contributed by atoms with Crippen molar-refractivity contribution in [3.05, 3.63) is 60.9 Å². The number of rotatable bonds is 10. The van der Waals surface area contributed by atoms with Crippen LogP contribution < -0.4 is 10.2 Å². The number of amides is 1. The number of carbonyl (C=O) groups excluding carboxylic acids is 1. The van der Waals surface area contributed by atoms with Crippen LogP contribution in [0.15, 0.2) is 59.6 Å². The van der Waals surface area contributed by atoms with Crippen molar-refractivity contribution in [2.75, 3.05) is 36.4 Å². The van der Waals surface area contributed by atoms with Crippen LogP contribution in [0.2, 0.25) is 0 Å². The van der Waals surface area contributed by atoms with Gasteiger partial charge in [0, 0.05) is 50.0 Å². The largest absolute Gasteiger partial charge is 0.481 e. The van der Waals surface area contributed by atoms with Crippen LogP contribution in [0, 0.1) is 5.92 Å². The van der Waals surface area contributed by atoms with E-state index in [9.17, 15) is 9.59 Å². The van der Waals surface area contributed by atoms with Crippen molar-refractivity contribution in [1.82, 2.24) is 24.5 Å². The van der Waals surface area contributed by atoms with Crippen LogP contribution >= 0.6 is 0 Å². The Morgan fingerprint density at radius 1 is 1.13 bits per heavy atom. The van der Waals surface area contributed by atoms with E-state index in [0.717, 1.165) is 35.7 Å². The molecule has 1 aromatic carbocycles. The molecular formula is C27H31N7O4. The van der Waals surface area contributed by atoms with Crippen LogP contribution in [0.3, 0.4) is 0 Å². The van der Waals surface area contributed by atoms with Gasteiger partial charge in [0.1, 0.15) is 12.1 Å². The van der Waals surface area contributed by atoms with E-state index in [2.05, 4.69) is 49.7 Å². The molecule has 38 heavy (non-hydrogen) atoms. The molecule has 2 N–H and O–H groups in total. The lowest BCUT2D eigenvalue weighted by Crippen LogP contribution is -2.48. The fourth-order valence-corrected chi connectivity index (χ4v) is 4.64. The lowest BCUT2D eigenvalue weighted by atomic mass is 10.0. The maximum absolute atomic E-state index is 12.5. The number of carboxylic acids is 1. The predicted molar refractivity (Wildman–Crippen MR) is 142 cm³/mol. The summed E-state index contributed by atoms with van der Waals surface area (Å²) in [7, 11) is 0. The van der Waals surface area contributed by atoms with Crippen molar-refractivity contribution in [3.8, 4) is 11.1 Å². The molecule has 0 radical (unpaired) electrons. The second-order valence-corrected chi connectivity index (χ2v) is 9.50. The molecule has 1 unspecified atom stereocenters. The number of nitrogens with one attached hydrogen (secondary N) is 1. The van der Waals surface area contributed by atoms with E-state index in [1.54, 1.807) is 25.7 Å². The standard InChI is InChI=1S/C27H31N7O4/c1-19(26(36)37)4-2-6-24(35)33-13-11-32(12-14-33)21-9-7-20(8-10-21)23-17-29-27(34-18-30-31-25(23)34)28-16-22-5-3-15-38-22/h3,5,7-10,15,17-19H,2,4,6,11-14,16H2,1H3,(H,28,29)(H,36,37). The summed E-state index contributed by atoms with van der Waals surface area (Å²) in [6, 6.07) is 12.0. The molecule has 5 rings (SSSR count). The molecule has 0 saturated carbocycles. The number of fused-ring (bicyclic) bond motifs is 1. The quantitative estimate of drug-likeness (QED) is 0.324. The second kappa shape index (κ2) is 11.3. The van der Waals surface area contributed by atoms with E-state index >= 15 is 0 Å². The van der Waals surface area contributed by atoms with E-state index in [1.165, 1.54) is 0 Å². The van der Waals surface area contributed by atoms with E-state index < -0.39 is 11.9 Å². The van der Waals surface area contributed by atoms with Crippen molar-refractivity contribution in [1.29, 1.82) is 0 Å². The lowest BCUT2D eigenvalue weighted by Gasteiger charge is -2.36. The molecule has 1 atom stereocenters. The maximum atomic E-state index is 12.5. The Hall–Kier alpha value is -4.41. The number of carbonyl (C=O) groups is 2. The third-order valence-corrected chi connectivity index (χ3v) is 6.96. The van der Waals surface area contributed by atoms with Gasteiger partial charge in [-0.2, -0.15) is 0 Å². The molecule has 1 fully saturated rings. The molecule has 4 aromatic rings. The number of benzene rings is 1. The minimum atomic E-state index is -0.811. The molecule has 0 aliphatic carbocycles. The van der Waals surface area contributed by atoms with Gasteiger partial charge < -0.3 is 24.6 Å². The minimum Gasteiger partial charge on any atom is -0.481 e. The summed E-state index contributed by atoms with van der Waals surface area (Å²) in [4.78, 5) is 32.2. The highest BCUT2D eigenvalue weighted by Crippen LogP contribution is 2.27. The molecule has 11 nitrogen and oxygen atoms in total. The zero-order valence-electron chi connectivity index (χ0n) is 21.3. The topological polar surface area (TPSA) is 129 Å². The molecule has 4 heterocycles. The Balaban J connectivity index is 1.18. The monoisotopic (exact) mass is 517 g/mol. The van der Waals surface area contributed by atoms with Gasteiger partial charge in [0.05, 0.1) is 18.7 Å². The molecule has 11 heteroatoms. The fraction of sp³-hybridized carbons (Fsp3) is 0.370. The lowest BCUT2D eigenvalue weighted by molar-refractivity contribution is -0.141. The molecule has 0 spiro atoms. The van der Waals surface area contributed by atoms with Crippen LogP contribution in [0.4, 0.5) is 11.6 Å². The maximum Gasteiger partial charge on any atom is 0.306 e. The van der Waals surface area contributed by atoms with Crippen molar-refractivity contribution in [3.63, 3.8) is 0 Å². The number of nitrogens with zero attached hydrogens (tertiary/aromatic N) is 6. The summed E-state index contributed by atoms with van der Waals surface area (Å²) in [6.07, 6.45) is 6.59. The number of carboxylic acid groups (broad SMARTS) is 1. The summed E-state index contributed by atoms with van der Waals surface area (Å²) < 4.78 is 7.20. The average Bonchev–Trinajstić information content (AvgIpc) is 3.65. The Bertz CT molecular complexity index is 1380. The molecule has 3 aromatic heterocycles. The molecule has 1 aliphatic rings. The Labute approximate surface area is 220 Å². The van der Waals surface area contributed by atoms with Gasteiger partial charge in [-0.15, -0.1) is 10.2 Å². The molecular weight excluding hydrogens is 486 g/mol. The number of aromatic nitrogens is 4. The van der Waals surface area contributed by atoms with Crippen molar-refractivity contribution in [2.45, 2.75) is 32.7 Å². The molecule has 1 aliphatic heterocycles. The first-order valence-electron chi connectivity index (χ1n) is 12.8. The number of furan rings is 1. The molecule has 1 amide bonds. The third kappa shape index (κ3) is 5.61. The number of anilines is 2. The molecule has 1 saturated heterocycles. The van der Waals surface area contributed by atoms with Gasteiger partial charge in [0.25, 0.3) is 0 Å². The normalized spacial score (nSPS) is 14.6. The van der Waals surface area contributed by atoms with Gasteiger partial charge >= 0.3 is 5.97 Å². The van der Waals surface area contributed by atoms with Gasteiger partial charge in [0.15, 0.2) is 5.65 Å². The van der Waals surface area contributed by atoms with Gasteiger partial charge in [0.2, 0.25) is 11.9 Å². The smallest absolute Gasteiger partial charge is 0.306 e. The Morgan fingerprint density at radius 2 is 1.92 bits per heavy atom.